The summed E-state index contributed by atoms with van der Waals surface area (Å²) in [5.74, 6) is -1.93. The second-order valence-corrected chi connectivity index (χ2v) is 7.90. The molecular weight excluding hydrogens is 424 g/mol. The maximum absolute atomic E-state index is 12.8. The van der Waals surface area contributed by atoms with Crippen LogP contribution < -0.4 is 10.6 Å². The molecule has 1 aliphatic heterocycles. The molecule has 13 nitrogen and oxygen atoms in total. The molecule has 0 aliphatic carbocycles. The first-order valence-electron chi connectivity index (χ1n) is 8.70. The van der Waals surface area contributed by atoms with Gasteiger partial charge in [-0.3, -0.25) is 19.7 Å². The second kappa shape index (κ2) is 10.4. The fourth-order valence-corrected chi connectivity index (χ4v) is 4.11. The molecule has 2 amide bonds. The Bertz CT molecular complexity index is 871. The third-order valence-corrected chi connectivity index (χ3v) is 6.10. The van der Waals surface area contributed by atoms with E-state index in [-0.39, 0.29) is 36.8 Å². The molecule has 1 saturated heterocycles. The van der Waals surface area contributed by atoms with Crippen molar-refractivity contribution in [2.45, 2.75) is 17.4 Å². The highest BCUT2D eigenvalue weighted by Gasteiger charge is 2.37. The lowest BCUT2D eigenvalue weighted by Crippen LogP contribution is -2.48. The lowest BCUT2D eigenvalue weighted by molar-refractivity contribution is -0.384. The third-order valence-electron chi connectivity index (χ3n) is 4.20. The third kappa shape index (κ3) is 5.70. The summed E-state index contributed by atoms with van der Waals surface area (Å²) in [6.45, 7) is -0.214. The van der Waals surface area contributed by atoms with E-state index in [2.05, 4.69) is 10.6 Å². The minimum Gasteiger partial charge on any atom is -0.359 e. The highest BCUT2D eigenvalue weighted by molar-refractivity contribution is 7.89. The van der Waals surface area contributed by atoms with E-state index >= 15 is 0 Å². The fourth-order valence-electron chi connectivity index (χ4n) is 2.60. The van der Waals surface area contributed by atoms with Gasteiger partial charge in [0, 0.05) is 32.9 Å². The van der Waals surface area contributed by atoms with Crippen LogP contribution in [0, 0.1) is 10.1 Å². The predicted octanol–water partition coefficient (Wildman–Crippen LogP) is -1.21. The summed E-state index contributed by atoms with van der Waals surface area (Å²) in [4.78, 5) is 33.7. The monoisotopic (exact) mass is 446 g/mol. The van der Waals surface area contributed by atoms with E-state index in [1.165, 1.54) is 14.2 Å². The molecule has 1 aliphatic rings. The predicted molar refractivity (Wildman–Crippen MR) is 101 cm³/mol. The molecule has 1 fully saturated rings. The molecular formula is C16H22N4O9S. The lowest BCUT2D eigenvalue weighted by atomic mass is 10.3. The van der Waals surface area contributed by atoms with Crippen LogP contribution >= 0.6 is 0 Å². The van der Waals surface area contributed by atoms with Crippen molar-refractivity contribution < 1.29 is 37.1 Å². The van der Waals surface area contributed by atoms with Crippen molar-refractivity contribution in [3.63, 3.8) is 0 Å². The summed E-state index contributed by atoms with van der Waals surface area (Å²) >= 11 is 0. The van der Waals surface area contributed by atoms with E-state index < -0.39 is 39.3 Å². The number of nitrogens with zero attached hydrogens (tertiary/aromatic N) is 2. The van der Waals surface area contributed by atoms with Gasteiger partial charge in [0.25, 0.3) is 5.69 Å². The Kier molecular flexibility index (Phi) is 8.19. The number of carbonyl (C=O) groups is 2. The van der Waals surface area contributed by atoms with Crippen molar-refractivity contribution in [1.82, 2.24) is 14.9 Å². The molecule has 1 heterocycles. The molecule has 1 aromatic carbocycles. The van der Waals surface area contributed by atoms with Crippen LogP contribution in [0.15, 0.2) is 29.2 Å². The van der Waals surface area contributed by atoms with E-state index in [4.69, 9.17) is 14.2 Å². The number of nitro benzene ring substituents is 1. The number of non-ortho nitro benzene ring substituents is 1. The van der Waals surface area contributed by atoms with Gasteiger partial charge in [0.2, 0.25) is 10.0 Å². The number of rotatable bonds is 9. The van der Waals surface area contributed by atoms with E-state index in [0.717, 1.165) is 28.6 Å². The van der Waals surface area contributed by atoms with Gasteiger partial charge in [-0.05, 0) is 12.1 Å². The Morgan fingerprint density at radius 1 is 1.23 bits per heavy atom. The maximum atomic E-state index is 12.8. The van der Waals surface area contributed by atoms with E-state index in [1.54, 1.807) is 0 Å². The number of nitrogens with one attached hydrogen (secondary N) is 2. The number of nitro groups is 1. The van der Waals surface area contributed by atoms with Crippen LogP contribution in [0.25, 0.3) is 0 Å². The van der Waals surface area contributed by atoms with Gasteiger partial charge in [0.15, 0.2) is 6.29 Å². The minimum absolute atomic E-state index is 0.0232. The molecule has 2 rings (SSSR count). The number of hydrogen-bond donors (Lipinski definition) is 2. The number of ether oxygens (including phenoxy) is 3. The molecule has 1 atom stereocenters. The minimum atomic E-state index is -4.03. The Morgan fingerprint density at radius 3 is 2.40 bits per heavy atom. The highest BCUT2D eigenvalue weighted by Crippen LogP contribution is 2.23. The second-order valence-electron chi connectivity index (χ2n) is 6.01. The van der Waals surface area contributed by atoms with Crippen LogP contribution in [0.2, 0.25) is 0 Å². The van der Waals surface area contributed by atoms with Gasteiger partial charge in [-0.1, -0.05) is 0 Å². The van der Waals surface area contributed by atoms with Crippen LogP contribution in [0.5, 0.6) is 0 Å². The Morgan fingerprint density at radius 2 is 1.83 bits per heavy atom. The van der Waals surface area contributed by atoms with Gasteiger partial charge in [0.1, 0.15) is 6.23 Å². The van der Waals surface area contributed by atoms with Crippen LogP contribution in [0.4, 0.5) is 5.69 Å². The quantitative estimate of drug-likeness (QED) is 0.205. The maximum Gasteiger partial charge on any atom is 0.309 e. The number of hydrogen-bond acceptors (Lipinski definition) is 9. The van der Waals surface area contributed by atoms with Gasteiger partial charge in [-0.2, -0.15) is 4.31 Å². The van der Waals surface area contributed by atoms with Gasteiger partial charge >= 0.3 is 11.8 Å². The van der Waals surface area contributed by atoms with Crippen LogP contribution in [0.1, 0.15) is 0 Å². The molecule has 0 spiro atoms. The van der Waals surface area contributed by atoms with Gasteiger partial charge in [-0.15, -0.1) is 0 Å². The molecule has 0 saturated carbocycles. The summed E-state index contributed by atoms with van der Waals surface area (Å²) in [6, 6.07) is 4.41. The zero-order valence-corrected chi connectivity index (χ0v) is 17.1. The average Bonchev–Trinajstić information content (AvgIpc) is 3.22. The standard InChI is InChI=1S/C16H22N4O9S/c1-27-14(28-2)10-18-16(22)15(21)17-9-13-19(7-8-29-13)30(25,26)12-5-3-11(4-6-12)20(23)24/h3-6,13-14H,7-10H2,1-2H3,(H,17,21)(H,18,22)/t13-/m1/s1. The van der Waals surface area contributed by atoms with Crippen molar-refractivity contribution in [3.05, 3.63) is 34.4 Å². The SMILES string of the molecule is COC(CNC(=O)C(=O)NC[C@H]1OCCN1S(=O)(=O)c1ccc([N+](=O)[O-])cc1)OC. The van der Waals surface area contributed by atoms with Crippen molar-refractivity contribution >= 4 is 27.5 Å². The molecule has 166 valence electrons. The molecule has 0 aromatic heterocycles. The van der Waals surface area contributed by atoms with Crippen molar-refractivity contribution in [1.29, 1.82) is 0 Å². The molecule has 0 radical (unpaired) electrons. The van der Waals surface area contributed by atoms with Gasteiger partial charge < -0.3 is 24.8 Å². The molecule has 0 bridgehead atoms. The number of benzene rings is 1. The van der Waals surface area contributed by atoms with E-state index in [0.29, 0.717) is 0 Å². The number of carbonyl (C=O) groups excluding carboxylic acids is 2. The van der Waals surface area contributed by atoms with Gasteiger partial charge in [-0.25, -0.2) is 8.42 Å². The summed E-state index contributed by atoms with van der Waals surface area (Å²) in [7, 11) is -1.28. The fraction of sp³-hybridized carbons (Fsp3) is 0.500. The van der Waals surface area contributed by atoms with Crippen LogP contribution in [-0.2, 0) is 33.8 Å². The molecule has 1 aromatic rings. The van der Waals surface area contributed by atoms with Gasteiger partial charge in [0.05, 0.1) is 29.5 Å². The summed E-state index contributed by atoms with van der Waals surface area (Å²) in [5.41, 5.74) is -0.245. The lowest BCUT2D eigenvalue weighted by Gasteiger charge is -2.22. The van der Waals surface area contributed by atoms with Crippen molar-refractivity contribution in [2.75, 3.05) is 40.5 Å². The smallest absolute Gasteiger partial charge is 0.309 e. The van der Waals surface area contributed by atoms with Crippen molar-refractivity contribution in [3.8, 4) is 0 Å². The first kappa shape index (κ1) is 23.6. The number of methoxy groups -OCH3 is 2. The molecule has 0 unspecified atom stereocenters. The molecule has 14 heteroatoms. The Balaban J connectivity index is 1.97. The first-order valence-corrected chi connectivity index (χ1v) is 10.1. The zero-order valence-electron chi connectivity index (χ0n) is 16.3. The summed E-state index contributed by atoms with van der Waals surface area (Å²) in [6.07, 6.45) is -1.75. The largest absolute Gasteiger partial charge is 0.359 e. The first-order chi connectivity index (χ1) is 14.2. The van der Waals surface area contributed by atoms with Crippen molar-refractivity contribution in [2.24, 2.45) is 0 Å². The summed E-state index contributed by atoms with van der Waals surface area (Å²) in [5, 5.41) is 15.4. The topological polar surface area (TPSA) is 166 Å². The van der Waals surface area contributed by atoms with E-state index in [1.807, 2.05) is 0 Å². The average molecular weight is 446 g/mol. The number of amides is 2. The highest BCUT2D eigenvalue weighted by atomic mass is 32.2. The molecule has 2 N–H and O–H groups in total. The Labute approximate surface area is 172 Å². The molecule has 30 heavy (non-hydrogen) atoms. The normalized spacial score (nSPS) is 17.1. The summed E-state index contributed by atoms with van der Waals surface area (Å²) < 4.78 is 41.7. The zero-order chi connectivity index (χ0) is 22.3. The van der Waals surface area contributed by atoms with Crippen LogP contribution in [-0.4, -0.2) is 82.4 Å². The van der Waals surface area contributed by atoms with E-state index in [9.17, 15) is 28.1 Å². The number of sulfonamides is 1. The van der Waals surface area contributed by atoms with Crippen LogP contribution in [0.3, 0.4) is 0 Å². The Hall–Kier alpha value is -2.65.